The molecular weight excluding hydrogens is 482 g/mol. The SMILES string of the molecule is O=C1NC(=O)/C(=C/c2cnn3c(NCCO)nc(Nc4cccc(OCCN5CCOCC5)c4)nc23)N1. The van der Waals surface area contributed by atoms with E-state index in [4.69, 9.17) is 9.47 Å². The third kappa shape index (κ3) is 5.94. The van der Waals surface area contributed by atoms with E-state index in [1.807, 2.05) is 24.3 Å². The zero-order chi connectivity index (χ0) is 25.6. The number of hydrogen-bond donors (Lipinski definition) is 5. The number of aliphatic hydroxyl groups is 1. The topological polar surface area (TPSA) is 167 Å². The molecule has 2 aliphatic heterocycles. The molecule has 37 heavy (non-hydrogen) atoms. The fourth-order valence-electron chi connectivity index (χ4n) is 3.88. The summed E-state index contributed by atoms with van der Waals surface area (Å²) in [6.07, 6.45) is 2.99. The van der Waals surface area contributed by atoms with Gasteiger partial charge in [0.15, 0.2) is 5.65 Å². The van der Waals surface area contributed by atoms with Crippen molar-refractivity contribution in [3.8, 4) is 5.75 Å². The van der Waals surface area contributed by atoms with Gasteiger partial charge < -0.3 is 30.5 Å². The number of amides is 3. The highest BCUT2D eigenvalue weighted by molar-refractivity contribution is 6.14. The number of nitrogens with one attached hydrogen (secondary N) is 4. The second-order valence-corrected chi connectivity index (χ2v) is 8.28. The highest BCUT2D eigenvalue weighted by Crippen LogP contribution is 2.23. The van der Waals surface area contributed by atoms with E-state index < -0.39 is 11.9 Å². The zero-order valence-electron chi connectivity index (χ0n) is 19.9. The molecule has 3 amide bonds. The molecule has 14 nitrogen and oxygen atoms in total. The van der Waals surface area contributed by atoms with Crippen LogP contribution in [-0.2, 0) is 9.53 Å². The van der Waals surface area contributed by atoms with Crippen molar-refractivity contribution < 1.29 is 24.2 Å². The van der Waals surface area contributed by atoms with Crippen LogP contribution in [0.1, 0.15) is 5.56 Å². The summed E-state index contributed by atoms with van der Waals surface area (Å²) in [6, 6.07) is 6.87. The van der Waals surface area contributed by atoms with Crippen molar-refractivity contribution in [2.24, 2.45) is 0 Å². The predicted octanol–water partition coefficient (Wildman–Crippen LogP) is 0.163. The van der Waals surface area contributed by atoms with Crippen LogP contribution in [0.5, 0.6) is 5.75 Å². The van der Waals surface area contributed by atoms with Gasteiger partial charge in [0.2, 0.25) is 11.9 Å². The van der Waals surface area contributed by atoms with E-state index in [9.17, 15) is 14.7 Å². The lowest BCUT2D eigenvalue weighted by atomic mass is 10.2. The first-order chi connectivity index (χ1) is 18.1. The van der Waals surface area contributed by atoms with Crippen molar-refractivity contribution >= 4 is 41.2 Å². The van der Waals surface area contributed by atoms with Crippen molar-refractivity contribution in [2.75, 3.05) is 63.2 Å². The van der Waals surface area contributed by atoms with Gasteiger partial charge in [-0.1, -0.05) is 6.07 Å². The third-order valence-electron chi connectivity index (χ3n) is 5.68. The number of nitrogens with zero attached hydrogens (tertiary/aromatic N) is 5. The molecular formula is C23H27N9O5. The molecule has 2 aromatic heterocycles. The first kappa shape index (κ1) is 24.4. The van der Waals surface area contributed by atoms with Gasteiger partial charge in [-0.2, -0.15) is 19.6 Å². The van der Waals surface area contributed by atoms with E-state index >= 15 is 0 Å². The van der Waals surface area contributed by atoms with E-state index in [2.05, 4.69) is 41.2 Å². The molecule has 0 radical (unpaired) electrons. The Morgan fingerprint density at radius 1 is 1.19 bits per heavy atom. The molecule has 3 aromatic rings. The Bertz CT molecular complexity index is 1320. The third-order valence-corrected chi connectivity index (χ3v) is 5.68. The van der Waals surface area contributed by atoms with Gasteiger partial charge in [-0.3, -0.25) is 15.0 Å². The molecule has 194 valence electrons. The fourth-order valence-corrected chi connectivity index (χ4v) is 3.88. The highest BCUT2D eigenvalue weighted by Gasteiger charge is 2.24. The smallest absolute Gasteiger partial charge is 0.326 e. The molecule has 0 bridgehead atoms. The van der Waals surface area contributed by atoms with Crippen molar-refractivity contribution in [1.29, 1.82) is 0 Å². The van der Waals surface area contributed by atoms with Crippen LogP contribution >= 0.6 is 0 Å². The molecule has 4 heterocycles. The van der Waals surface area contributed by atoms with Crippen LogP contribution in [0.25, 0.3) is 11.7 Å². The Morgan fingerprint density at radius 3 is 2.84 bits per heavy atom. The maximum absolute atomic E-state index is 12.0. The summed E-state index contributed by atoms with van der Waals surface area (Å²) in [4.78, 5) is 34.8. The molecule has 1 aromatic carbocycles. The lowest BCUT2D eigenvalue weighted by molar-refractivity contribution is -0.115. The second-order valence-electron chi connectivity index (χ2n) is 8.28. The molecule has 0 spiro atoms. The van der Waals surface area contributed by atoms with Gasteiger partial charge in [0.25, 0.3) is 5.91 Å². The maximum atomic E-state index is 12.0. The number of aliphatic hydroxyl groups excluding tert-OH is 1. The van der Waals surface area contributed by atoms with Gasteiger partial charge in [-0.25, -0.2) is 4.79 Å². The molecule has 2 saturated heterocycles. The summed E-state index contributed by atoms with van der Waals surface area (Å²) >= 11 is 0. The average molecular weight is 510 g/mol. The second kappa shape index (κ2) is 11.2. The summed E-state index contributed by atoms with van der Waals surface area (Å²) in [7, 11) is 0. The fraction of sp³-hybridized carbons (Fsp3) is 0.348. The number of aromatic nitrogens is 4. The van der Waals surface area contributed by atoms with E-state index in [-0.39, 0.29) is 24.8 Å². The van der Waals surface area contributed by atoms with E-state index in [0.29, 0.717) is 35.2 Å². The number of carbonyl (C=O) groups is 2. The molecule has 5 N–H and O–H groups in total. The van der Waals surface area contributed by atoms with E-state index in [1.165, 1.54) is 16.8 Å². The zero-order valence-corrected chi connectivity index (χ0v) is 19.9. The minimum atomic E-state index is -0.595. The number of fused-ring (bicyclic) bond motifs is 1. The van der Waals surface area contributed by atoms with Crippen LogP contribution in [0, 0.1) is 0 Å². The number of imide groups is 1. The van der Waals surface area contributed by atoms with Crippen LogP contribution in [0.2, 0.25) is 0 Å². The predicted molar refractivity (Wildman–Crippen MR) is 133 cm³/mol. The van der Waals surface area contributed by atoms with Crippen molar-refractivity contribution in [1.82, 2.24) is 35.1 Å². The lowest BCUT2D eigenvalue weighted by Crippen LogP contribution is -2.38. The summed E-state index contributed by atoms with van der Waals surface area (Å²) < 4.78 is 12.8. The number of anilines is 3. The number of hydrogen-bond acceptors (Lipinski definition) is 11. The monoisotopic (exact) mass is 509 g/mol. The number of ether oxygens (including phenoxy) is 2. The number of morpholine rings is 1. The number of carbonyl (C=O) groups excluding carboxylic acids is 2. The van der Waals surface area contributed by atoms with Gasteiger partial charge >= 0.3 is 6.03 Å². The molecule has 2 fully saturated rings. The summed E-state index contributed by atoms with van der Waals surface area (Å²) in [6.45, 7) is 4.81. The average Bonchev–Trinajstić information content (AvgIpc) is 3.45. The van der Waals surface area contributed by atoms with E-state index in [0.717, 1.165) is 32.8 Å². The largest absolute Gasteiger partial charge is 0.492 e. The molecule has 14 heteroatoms. The van der Waals surface area contributed by atoms with Crippen LogP contribution in [-0.4, -0.2) is 94.1 Å². The highest BCUT2D eigenvalue weighted by atomic mass is 16.5. The summed E-state index contributed by atoms with van der Waals surface area (Å²) in [5.74, 6) is 0.763. The van der Waals surface area contributed by atoms with Gasteiger partial charge in [0, 0.05) is 43.5 Å². The van der Waals surface area contributed by atoms with Gasteiger partial charge in [-0.05, 0) is 18.2 Å². The first-order valence-corrected chi connectivity index (χ1v) is 11.8. The molecule has 0 atom stereocenters. The van der Waals surface area contributed by atoms with Crippen LogP contribution in [0.4, 0.5) is 22.4 Å². The van der Waals surface area contributed by atoms with Crippen LogP contribution in [0.3, 0.4) is 0 Å². The Balaban J connectivity index is 1.36. The number of benzene rings is 1. The number of urea groups is 1. The van der Waals surface area contributed by atoms with Gasteiger partial charge in [0.1, 0.15) is 18.1 Å². The van der Waals surface area contributed by atoms with Crippen molar-refractivity contribution in [3.05, 3.63) is 41.7 Å². The Kier molecular flexibility index (Phi) is 7.39. The standard InChI is InChI=1S/C23H27N9O5/c33-8-4-24-22-30-21(28-19-15(14-25-32(19)22)12-18-20(34)29-23(35)27-18)26-16-2-1-3-17(13-16)37-11-7-31-5-9-36-10-6-31/h1-3,12-14,33H,4-11H2,(H2,24,26,28,30)(H2,27,29,34,35)/b18-12-. The lowest BCUT2D eigenvalue weighted by Gasteiger charge is -2.26. The molecule has 0 saturated carbocycles. The molecule has 0 unspecified atom stereocenters. The summed E-state index contributed by atoms with van der Waals surface area (Å²) in [5.41, 5.74) is 1.67. The Labute approximate surface area is 211 Å². The van der Waals surface area contributed by atoms with Gasteiger partial charge in [0.05, 0.1) is 26.0 Å². The Hall–Kier alpha value is -4.27. The van der Waals surface area contributed by atoms with Crippen LogP contribution < -0.4 is 26.0 Å². The number of rotatable bonds is 10. The first-order valence-electron chi connectivity index (χ1n) is 11.8. The molecule has 0 aliphatic carbocycles. The Morgan fingerprint density at radius 2 is 2.05 bits per heavy atom. The molecule has 5 rings (SSSR count). The van der Waals surface area contributed by atoms with E-state index in [1.54, 1.807) is 0 Å². The minimum absolute atomic E-state index is 0.0832. The quantitative estimate of drug-likeness (QED) is 0.187. The van der Waals surface area contributed by atoms with Crippen molar-refractivity contribution in [2.45, 2.75) is 0 Å². The maximum Gasteiger partial charge on any atom is 0.326 e. The summed E-state index contributed by atoms with van der Waals surface area (Å²) in [5, 5.41) is 24.4. The van der Waals surface area contributed by atoms with Crippen molar-refractivity contribution in [3.63, 3.8) is 0 Å². The molecule has 2 aliphatic rings. The van der Waals surface area contributed by atoms with Gasteiger partial charge in [-0.15, -0.1) is 0 Å². The van der Waals surface area contributed by atoms with Crippen LogP contribution in [0.15, 0.2) is 36.2 Å². The normalized spacial score (nSPS) is 17.2. The minimum Gasteiger partial charge on any atom is -0.492 e.